The molecule has 12 nitrogen and oxygen atoms in total. The third-order valence-electron chi connectivity index (χ3n) is 13.9. The molecule has 2 N–H and O–H groups in total. The third-order valence-corrected chi connectivity index (χ3v) is 13.9. The van der Waals surface area contributed by atoms with Crippen LogP contribution in [-0.2, 0) is 19.1 Å². The number of allylic oxidation sites excluding steroid dienone is 1. The molecule has 3 saturated heterocycles. The lowest BCUT2D eigenvalue weighted by Gasteiger charge is -2.35. The van der Waals surface area contributed by atoms with Gasteiger partial charge in [-0.05, 0) is 108 Å². The van der Waals surface area contributed by atoms with Gasteiger partial charge in [-0.25, -0.2) is 9.78 Å². The number of hydrogen-bond acceptors (Lipinski definition) is 8. The van der Waals surface area contributed by atoms with Crippen LogP contribution in [0.15, 0.2) is 108 Å². The maximum atomic E-state index is 14.3. The van der Waals surface area contributed by atoms with E-state index < -0.39 is 12.1 Å². The molecule has 0 aliphatic carbocycles. The maximum absolute atomic E-state index is 14.3. The molecule has 3 fully saturated rings. The predicted molar refractivity (Wildman–Crippen MR) is 250 cm³/mol. The quantitative estimate of drug-likeness (QED) is 0.121. The Labute approximate surface area is 375 Å². The normalized spacial score (nSPS) is 20.1. The highest BCUT2D eigenvalue weighted by Crippen LogP contribution is 2.37. The minimum atomic E-state index is -0.674. The van der Waals surface area contributed by atoms with E-state index in [9.17, 15) is 14.4 Å². The van der Waals surface area contributed by atoms with Gasteiger partial charge in [0, 0.05) is 50.2 Å². The van der Waals surface area contributed by atoms with Crippen LogP contribution in [0.4, 0.5) is 4.79 Å². The zero-order valence-corrected chi connectivity index (χ0v) is 37.2. The molecular weight excluding hydrogens is 803 g/mol. The molecule has 64 heavy (non-hydrogen) atoms. The second kappa shape index (κ2) is 19.3. The summed E-state index contributed by atoms with van der Waals surface area (Å²) in [5.41, 5.74) is 8.64. The molecule has 4 aliphatic heterocycles. The number of carbonyl (C=O) groups excluding carboxylic acids is 3. The molecule has 0 unspecified atom stereocenters. The van der Waals surface area contributed by atoms with E-state index in [4.69, 9.17) is 19.5 Å². The van der Waals surface area contributed by atoms with Gasteiger partial charge in [-0.3, -0.25) is 19.5 Å². The summed E-state index contributed by atoms with van der Waals surface area (Å²) in [6, 6.07) is 30.8. The Morgan fingerprint density at radius 2 is 1.44 bits per heavy atom. The monoisotopic (exact) mass is 861 g/mol. The first-order valence-corrected chi connectivity index (χ1v) is 23.1. The highest BCUT2D eigenvalue weighted by atomic mass is 16.5. The Bertz CT molecular complexity index is 2520. The third kappa shape index (κ3) is 8.86. The van der Waals surface area contributed by atoms with Crippen LogP contribution < -0.4 is 5.32 Å². The Morgan fingerprint density at radius 1 is 0.797 bits per heavy atom. The lowest BCUT2D eigenvalue weighted by molar-refractivity contribution is -0.137. The summed E-state index contributed by atoms with van der Waals surface area (Å²) in [4.78, 5) is 60.1. The molecule has 4 aromatic carbocycles. The highest BCUT2D eigenvalue weighted by molar-refractivity contribution is 6.04. The summed E-state index contributed by atoms with van der Waals surface area (Å²) in [5, 5.41) is 5.09. The summed E-state index contributed by atoms with van der Waals surface area (Å²) in [5.74, 6) is 0.804. The summed E-state index contributed by atoms with van der Waals surface area (Å²) >= 11 is 0. The number of alkyl carbamates (subject to hydrolysis) is 1. The van der Waals surface area contributed by atoms with Gasteiger partial charge in [0.25, 0.3) is 0 Å². The number of rotatable bonds is 13. The van der Waals surface area contributed by atoms with E-state index in [-0.39, 0.29) is 35.9 Å². The van der Waals surface area contributed by atoms with Crippen molar-refractivity contribution < 1.29 is 23.9 Å². The zero-order valence-electron chi connectivity index (χ0n) is 37.2. The van der Waals surface area contributed by atoms with Crippen molar-refractivity contribution in [1.82, 2.24) is 30.0 Å². The Kier molecular flexibility index (Phi) is 13.0. The molecule has 12 heteroatoms. The first-order chi connectivity index (χ1) is 31.3. The largest absolute Gasteiger partial charge is 0.453 e. The second-order valence-electron chi connectivity index (χ2n) is 17.5. The summed E-state index contributed by atoms with van der Waals surface area (Å²) in [6.45, 7) is 8.37. The highest BCUT2D eigenvalue weighted by Gasteiger charge is 2.41. The zero-order chi connectivity index (χ0) is 44.2. The minimum Gasteiger partial charge on any atom is -0.453 e. The first kappa shape index (κ1) is 43.2. The topological polar surface area (TPSA) is 132 Å². The average molecular weight is 862 g/mol. The van der Waals surface area contributed by atoms with E-state index >= 15 is 0 Å². The van der Waals surface area contributed by atoms with Crippen LogP contribution in [0.25, 0.3) is 38.7 Å². The van der Waals surface area contributed by atoms with Crippen molar-refractivity contribution in [3.05, 3.63) is 120 Å². The van der Waals surface area contributed by atoms with E-state index in [0.717, 1.165) is 108 Å². The van der Waals surface area contributed by atoms with Crippen LogP contribution in [0.3, 0.4) is 0 Å². The molecule has 0 saturated carbocycles. The summed E-state index contributed by atoms with van der Waals surface area (Å²) < 4.78 is 10.4. The minimum absolute atomic E-state index is 0.0163. The SMILES string of the molecule is CCN(CC)[C@@H](C(=O)N1CCC[C@H]1C1=NC=C(c2ccc(-c3ccc4cc(-c5cnc([C@@H]6CCCN6C(=O)[C@@H](NC(=O)OC)C6CCOCC6)[nH]5)ccc4c3)cc2)C1)c1ccccc1. The van der Waals surface area contributed by atoms with Crippen LogP contribution >= 0.6 is 0 Å². The molecule has 4 atom stereocenters. The van der Waals surface area contributed by atoms with E-state index in [1.807, 2.05) is 35.5 Å². The van der Waals surface area contributed by atoms with Crippen molar-refractivity contribution >= 4 is 40.0 Å². The van der Waals surface area contributed by atoms with Crippen molar-refractivity contribution in [3.63, 3.8) is 0 Å². The number of ether oxygens (including phenoxy) is 2. The van der Waals surface area contributed by atoms with Crippen LogP contribution in [0.1, 0.15) is 87.8 Å². The fourth-order valence-corrected chi connectivity index (χ4v) is 10.3. The first-order valence-electron chi connectivity index (χ1n) is 23.1. The Hall–Kier alpha value is -6.11. The van der Waals surface area contributed by atoms with Crippen molar-refractivity contribution in [2.75, 3.05) is 46.5 Å². The van der Waals surface area contributed by atoms with Crippen LogP contribution in [0, 0.1) is 5.92 Å². The van der Waals surface area contributed by atoms with Crippen LogP contribution in [-0.4, -0.2) is 107 Å². The van der Waals surface area contributed by atoms with Crippen molar-refractivity contribution in [2.45, 2.75) is 83.0 Å². The Balaban J connectivity index is 0.847. The number of benzene rings is 4. The molecule has 3 amide bonds. The number of hydrogen-bond donors (Lipinski definition) is 2. The molecule has 5 aromatic rings. The number of fused-ring (bicyclic) bond motifs is 1. The molecule has 5 heterocycles. The lowest BCUT2D eigenvalue weighted by Crippen LogP contribution is -2.53. The van der Waals surface area contributed by atoms with Gasteiger partial charge in [0.2, 0.25) is 11.8 Å². The molecule has 332 valence electrons. The van der Waals surface area contributed by atoms with Gasteiger partial charge < -0.3 is 29.6 Å². The molecule has 0 radical (unpaired) electrons. The van der Waals surface area contributed by atoms with Crippen molar-refractivity contribution in [2.24, 2.45) is 10.9 Å². The molecule has 9 rings (SSSR count). The molecule has 1 aromatic heterocycles. The number of nitrogens with zero attached hydrogens (tertiary/aromatic N) is 5. The maximum Gasteiger partial charge on any atom is 0.407 e. The number of likely N-dealkylation sites (tertiary alicyclic amines) is 2. The lowest BCUT2D eigenvalue weighted by atomic mass is 9.90. The van der Waals surface area contributed by atoms with E-state index in [1.54, 1.807) is 0 Å². The predicted octanol–water partition coefficient (Wildman–Crippen LogP) is 8.97. The standard InChI is InChI=1S/C52H59N7O5/c1-4-57(5-2)48(37-11-7-6-8-12-37)51(61)58-25-9-13-45(58)43-31-42(32-53-43)35-17-15-34(16-18-35)38-19-20-40-30-41(22-21-39(40)29-38)44-33-54-49(55-44)46-14-10-26-59(46)50(60)47(56-52(62)63-3)36-23-27-64-28-24-36/h6-8,11-12,15-22,29-30,32-33,36,45-48H,4-5,9-10,13-14,23-28,31H2,1-3H3,(H,54,55)(H,56,62)/t45-,46-,47-,48+/m0/s1. The summed E-state index contributed by atoms with van der Waals surface area (Å²) in [6.07, 6.45) is 8.97. The molecule has 0 spiro atoms. The number of imidazole rings is 1. The number of nitrogens with one attached hydrogen (secondary N) is 2. The molecule has 4 aliphatic rings. The number of likely N-dealkylation sites (N-methyl/N-ethyl adjacent to an activating group) is 1. The van der Waals surface area contributed by atoms with Crippen molar-refractivity contribution in [3.8, 4) is 22.4 Å². The van der Waals surface area contributed by atoms with Crippen LogP contribution in [0.2, 0.25) is 0 Å². The number of carbonyl (C=O) groups is 3. The smallest absolute Gasteiger partial charge is 0.407 e. The van der Waals surface area contributed by atoms with E-state index in [1.165, 1.54) is 12.7 Å². The number of aromatic amines is 1. The number of H-pyrrole nitrogens is 1. The second-order valence-corrected chi connectivity index (χ2v) is 17.5. The Morgan fingerprint density at radius 3 is 2.14 bits per heavy atom. The van der Waals surface area contributed by atoms with Gasteiger partial charge in [-0.2, -0.15) is 0 Å². The van der Waals surface area contributed by atoms with Crippen molar-refractivity contribution in [1.29, 1.82) is 0 Å². The fourth-order valence-electron chi connectivity index (χ4n) is 10.3. The van der Waals surface area contributed by atoms with E-state index in [0.29, 0.717) is 32.6 Å². The van der Waals surface area contributed by atoms with Gasteiger partial charge >= 0.3 is 6.09 Å². The van der Waals surface area contributed by atoms with Gasteiger partial charge in [0.15, 0.2) is 0 Å². The fraction of sp³-hybridized carbons (Fsp3) is 0.404. The number of methoxy groups -OCH3 is 1. The summed E-state index contributed by atoms with van der Waals surface area (Å²) in [7, 11) is 1.32. The average Bonchev–Trinajstić information content (AvgIpc) is 4.20. The molecular formula is C52H59N7O5. The van der Waals surface area contributed by atoms with Crippen LogP contribution in [0.5, 0.6) is 0 Å². The van der Waals surface area contributed by atoms with Gasteiger partial charge in [0.05, 0.1) is 31.1 Å². The van der Waals surface area contributed by atoms with Gasteiger partial charge in [0.1, 0.15) is 17.9 Å². The van der Waals surface area contributed by atoms with Gasteiger partial charge in [-0.1, -0.05) is 92.7 Å². The number of aromatic nitrogens is 2. The molecule has 0 bridgehead atoms. The number of amides is 3. The van der Waals surface area contributed by atoms with Gasteiger partial charge in [-0.15, -0.1) is 0 Å². The number of aliphatic imine (C=N–C) groups is 1. The van der Waals surface area contributed by atoms with E-state index in [2.05, 4.69) is 107 Å².